The molecular weight excluding hydrogens is 394 g/mol. The number of thioether (sulfide) groups is 1. The fraction of sp³-hybridized carbons (Fsp3) is 0.500. The Morgan fingerprint density at radius 3 is 1.90 bits per heavy atom. The molecule has 30 heavy (non-hydrogen) atoms. The lowest BCUT2D eigenvalue weighted by molar-refractivity contribution is 0.446. The van der Waals surface area contributed by atoms with Crippen LogP contribution in [0.1, 0.15) is 71.1 Å². The van der Waals surface area contributed by atoms with E-state index in [-0.39, 0.29) is 11.5 Å². The average Bonchev–Trinajstić information content (AvgIpc) is 3.40. The molecule has 0 saturated heterocycles. The fourth-order valence-corrected chi connectivity index (χ4v) is 5.06. The van der Waals surface area contributed by atoms with E-state index in [0.717, 1.165) is 28.1 Å². The van der Waals surface area contributed by atoms with Gasteiger partial charge in [-0.05, 0) is 30.4 Å². The Balaban J connectivity index is 1.21. The third-order valence-corrected chi connectivity index (χ3v) is 6.98. The smallest absolute Gasteiger partial charge is 0.144 e. The molecule has 4 aromatic rings. The van der Waals surface area contributed by atoms with Gasteiger partial charge < -0.3 is 10.2 Å². The minimum Gasteiger partial charge on any atom is -0.507 e. The molecule has 2 N–H and O–H groups in total. The summed E-state index contributed by atoms with van der Waals surface area (Å²) >= 11 is 1.63. The highest BCUT2D eigenvalue weighted by molar-refractivity contribution is 7.99. The predicted molar refractivity (Wildman–Crippen MR) is 125 cm³/mol. The van der Waals surface area contributed by atoms with Crippen molar-refractivity contribution in [3.8, 4) is 17.2 Å². The fourth-order valence-electron chi connectivity index (χ4n) is 4.09. The first-order valence-electron chi connectivity index (χ1n) is 11.4. The summed E-state index contributed by atoms with van der Waals surface area (Å²) in [5.74, 6) is 1.40. The summed E-state index contributed by atoms with van der Waals surface area (Å²) < 4.78 is 3.95. The van der Waals surface area contributed by atoms with Gasteiger partial charge in [0.25, 0.3) is 0 Å². The van der Waals surface area contributed by atoms with Gasteiger partial charge in [-0.25, -0.2) is 0 Å². The lowest BCUT2D eigenvalue weighted by Gasteiger charge is -2.07. The van der Waals surface area contributed by atoms with E-state index in [0.29, 0.717) is 5.69 Å². The number of benzene rings is 2. The zero-order valence-corrected chi connectivity index (χ0v) is 18.7. The van der Waals surface area contributed by atoms with Crippen LogP contribution in [0.5, 0.6) is 11.5 Å². The molecule has 6 heteroatoms. The van der Waals surface area contributed by atoms with E-state index in [2.05, 4.69) is 6.92 Å². The van der Waals surface area contributed by atoms with Crippen LogP contribution in [0.15, 0.2) is 41.3 Å². The molecule has 0 spiro atoms. The normalized spacial score (nSPS) is 12.0. The SMILES string of the molecule is CCCCCCCCCCCCSc1cc(O)c(-n2n3c4ccccc4n23)cc1O. The third kappa shape index (κ3) is 4.43. The topological polar surface area (TPSA) is 54.2 Å². The maximum atomic E-state index is 10.5. The standard InChI is InChI=1S/C24H33N3O2S/c1-2-3-4-5-6-7-8-9-10-13-16-30-24-18-22(28)21(17-23(24)29)27-25-19-14-11-12-15-20(19)26(25)27/h11-12,14-15,17-18,28-29H,2-10,13,16H2,1H3. The second-order valence-electron chi connectivity index (χ2n) is 8.20. The van der Waals surface area contributed by atoms with E-state index in [9.17, 15) is 10.2 Å². The number of aromatic nitrogens is 3. The summed E-state index contributed by atoms with van der Waals surface area (Å²) in [6.07, 6.45) is 13.2. The molecule has 162 valence electrons. The molecule has 4 rings (SSSR count). The number of unbranched alkanes of at least 4 members (excludes halogenated alkanes) is 9. The van der Waals surface area contributed by atoms with Crippen LogP contribution in [0.3, 0.4) is 0 Å². The molecule has 0 aliphatic carbocycles. The van der Waals surface area contributed by atoms with E-state index in [4.69, 9.17) is 0 Å². The van der Waals surface area contributed by atoms with Gasteiger partial charge in [0.1, 0.15) is 28.2 Å². The summed E-state index contributed by atoms with van der Waals surface area (Å²) in [6, 6.07) is 11.4. The monoisotopic (exact) mass is 427 g/mol. The number of phenolic OH excluding ortho intramolecular Hbond substituents is 2. The van der Waals surface area contributed by atoms with Gasteiger partial charge in [0.05, 0.1) is 4.90 Å². The molecule has 0 aliphatic heterocycles. The second-order valence-corrected chi connectivity index (χ2v) is 9.33. The van der Waals surface area contributed by atoms with E-state index in [1.165, 1.54) is 57.8 Å². The Hall–Kier alpha value is -2.21. The highest BCUT2D eigenvalue weighted by atomic mass is 32.2. The van der Waals surface area contributed by atoms with E-state index in [1.807, 2.05) is 38.3 Å². The summed E-state index contributed by atoms with van der Waals surface area (Å²) in [5, 5.41) is 21.0. The molecule has 0 saturated carbocycles. The Bertz CT molecular complexity index is 1020. The van der Waals surface area contributed by atoms with Crippen molar-refractivity contribution in [2.75, 3.05) is 5.75 Å². The van der Waals surface area contributed by atoms with Crippen LogP contribution >= 0.6 is 11.8 Å². The molecule has 0 amide bonds. The van der Waals surface area contributed by atoms with Crippen LogP contribution in [0.2, 0.25) is 0 Å². The first-order valence-corrected chi connectivity index (χ1v) is 12.4. The molecule has 2 heterocycles. The molecule has 0 unspecified atom stereocenters. The number of aromatic hydroxyl groups is 2. The van der Waals surface area contributed by atoms with Crippen molar-refractivity contribution < 1.29 is 10.2 Å². The molecule has 0 bridgehead atoms. The molecule has 0 radical (unpaired) electrons. The van der Waals surface area contributed by atoms with E-state index in [1.54, 1.807) is 23.9 Å². The summed E-state index contributed by atoms with van der Waals surface area (Å²) in [7, 11) is 0. The number of nitrogens with zero attached hydrogens (tertiary/aromatic N) is 3. The van der Waals surface area contributed by atoms with Crippen molar-refractivity contribution in [3.63, 3.8) is 0 Å². The van der Waals surface area contributed by atoms with Crippen LogP contribution < -0.4 is 0 Å². The van der Waals surface area contributed by atoms with Crippen molar-refractivity contribution >= 4 is 22.8 Å². The Kier molecular flexibility index (Phi) is 6.82. The molecular formula is C24H33N3O2S. The van der Waals surface area contributed by atoms with Gasteiger partial charge >= 0.3 is 0 Å². The van der Waals surface area contributed by atoms with E-state index >= 15 is 0 Å². The lowest BCUT2D eigenvalue weighted by atomic mass is 10.1. The number of para-hydroxylation sites is 2. The van der Waals surface area contributed by atoms with Crippen molar-refractivity contribution in [3.05, 3.63) is 36.4 Å². The first kappa shape index (κ1) is 21.0. The highest BCUT2D eigenvalue weighted by Crippen LogP contribution is 2.38. The van der Waals surface area contributed by atoms with Crippen LogP contribution in [0.25, 0.3) is 16.7 Å². The summed E-state index contributed by atoms with van der Waals surface area (Å²) in [5.41, 5.74) is 2.82. The van der Waals surface area contributed by atoms with Gasteiger partial charge in [-0.3, -0.25) is 0 Å². The second kappa shape index (κ2) is 9.73. The van der Waals surface area contributed by atoms with Crippen molar-refractivity contribution in [2.45, 2.75) is 76.0 Å². The van der Waals surface area contributed by atoms with Crippen LogP contribution in [-0.4, -0.2) is 30.0 Å². The minimum atomic E-state index is 0.193. The quantitative estimate of drug-likeness (QED) is 0.139. The number of rotatable bonds is 13. The molecule has 2 aromatic carbocycles. The first-order chi connectivity index (χ1) is 14.7. The van der Waals surface area contributed by atoms with Gasteiger partial charge in [0, 0.05) is 6.07 Å². The Labute approximate surface area is 182 Å². The van der Waals surface area contributed by atoms with Crippen LogP contribution in [-0.2, 0) is 0 Å². The van der Waals surface area contributed by atoms with Crippen molar-refractivity contribution in [2.24, 2.45) is 0 Å². The lowest BCUT2D eigenvalue weighted by Crippen LogP contribution is -1.89. The predicted octanol–water partition coefficient (Wildman–Crippen LogP) is 6.84. The minimum absolute atomic E-state index is 0.193. The van der Waals surface area contributed by atoms with Crippen LogP contribution in [0, 0.1) is 0 Å². The average molecular weight is 428 g/mol. The molecule has 2 aromatic heterocycles. The van der Waals surface area contributed by atoms with Crippen molar-refractivity contribution in [1.82, 2.24) is 14.1 Å². The maximum absolute atomic E-state index is 10.5. The van der Waals surface area contributed by atoms with Gasteiger partial charge in [-0.2, -0.15) is 0 Å². The Morgan fingerprint density at radius 1 is 0.733 bits per heavy atom. The zero-order valence-electron chi connectivity index (χ0n) is 17.9. The number of fused-ring (bicyclic) bond motifs is 4. The summed E-state index contributed by atoms with van der Waals surface area (Å²) in [6.45, 7) is 2.26. The van der Waals surface area contributed by atoms with Gasteiger partial charge in [0.2, 0.25) is 0 Å². The molecule has 0 atom stereocenters. The van der Waals surface area contributed by atoms with E-state index < -0.39 is 0 Å². The van der Waals surface area contributed by atoms with Gasteiger partial charge in [0.15, 0.2) is 0 Å². The molecule has 5 nitrogen and oxygen atoms in total. The number of phenols is 2. The molecule has 0 aliphatic rings. The van der Waals surface area contributed by atoms with Gasteiger partial charge in [-0.15, -0.1) is 25.8 Å². The Morgan fingerprint density at radius 2 is 1.30 bits per heavy atom. The largest absolute Gasteiger partial charge is 0.507 e. The van der Waals surface area contributed by atoms with Crippen LogP contribution in [0.4, 0.5) is 0 Å². The number of hydrogen-bond donors (Lipinski definition) is 2. The maximum Gasteiger partial charge on any atom is 0.144 e. The van der Waals surface area contributed by atoms with Crippen molar-refractivity contribution in [1.29, 1.82) is 0 Å². The third-order valence-electron chi connectivity index (χ3n) is 5.85. The molecule has 0 fully saturated rings. The zero-order chi connectivity index (χ0) is 20.9. The van der Waals surface area contributed by atoms with Gasteiger partial charge in [-0.1, -0.05) is 76.8 Å². The highest BCUT2D eigenvalue weighted by Gasteiger charge is 2.26. The number of hydrogen-bond acceptors (Lipinski definition) is 3. The summed E-state index contributed by atoms with van der Waals surface area (Å²) in [4.78, 5) is 2.63.